The monoisotopic (exact) mass is 485 g/mol. The van der Waals surface area contributed by atoms with E-state index in [4.69, 9.17) is 9.47 Å². The largest absolute Gasteiger partial charge is 0.507 e. The molecule has 1 amide bonds. The van der Waals surface area contributed by atoms with Gasteiger partial charge in [0.2, 0.25) is 0 Å². The van der Waals surface area contributed by atoms with E-state index in [-0.39, 0.29) is 11.3 Å². The van der Waals surface area contributed by atoms with Crippen LogP contribution in [-0.2, 0) is 9.59 Å². The summed E-state index contributed by atoms with van der Waals surface area (Å²) < 4.78 is 11.4. The predicted octanol–water partition coefficient (Wildman–Crippen LogP) is 5.97. The molecule has 1 unspecified atom stereocenters. The van der Waals surface area contributed by atoms with Crippen LogP contribution in [-0.4, -0.2) is 30.5 Å². The lowest BCUT2D eigenvalue weighted by molar-refractivity contribution is -0.132. The Hall–Kier alpha value is -4.06. The summed E-state index contributed by atoms with van der Waals surface area (Å²) >= 11 is 0. The van der Waals surface area contributed by atoms with Gasteiger partial charge < -0.3 is 14.6 Å². The average molecular weight is 486 g/mol. The third-order valence-corrected chi connectivity index (χ3v) is 6.12. The third kappa shape index (κ3) is 4.85. The number of methoxy groups -OCH3 is 1. The molecule has 0 saturated carbocycles. The highest BCUT2D eigenvalue weighted by Gasteiger charge is 2.47. The molecule has 186 valence electrons. The van der Waals surface area contributed by atoms with Crippen LogP contribution in [0.5, 0.6) is 11.5 Å². The van der Waals surface area contributed by atoms with Crippen molar-refractivity contribution in [2.45, 2.75) is 33.7 Å². The maximum Gasteiger partial charge on any atom is 0.300 e. The van der Waals surface area contributed by atoms with E-state index < -0.39 is 17.7 Å². The third-order valence-electron chi connectivity index (χ3n) is 6.12. The Bertz CT molecular complexity index is 1320. The van der Waals surface area contributed by atoms with Crippen molar-refractivity contribution < 1.29 is 24.2 Å². The molecule has 0 spiro atoms. The van der Waals surface area contributed by atoms with Gasteiger partial charge in [-0.2, -0.15) is 0 Å². The predicted molar refractivity (Wildman–Crippen MR) is 140 cm³/mol. The standard InChI is InChI=1S/C30H31NO5/c1-18(2)17-36-23-8-6-7-21(16-23)27-26(28(32)24-15-20(4)11-14-25(24)35-5)29(33)30(34)31(27)22-12-9-19(3)10-13-22/h6-16,18,27,32H,17H2,1-5H3/b28-26+. The summed E-state index contributed by atoms with van der Waals surface area (Å²) in [6, 6.07) is 19.2. The van der Waals surface area contributed by atoms with Crippen LogP contribution in [0.2, 0.25) is 0 Å². The lowest BCUT2D eigenvalue weighted by Crippen LogP contribution is -2.29. The van der Waals surface area contributed by atoms with Gasteiger partial charge in [0.25, 0.3) is 11.7 Å². The van der Waals surface area contributed by atoms with Crippen LogP contribution in [0.15, 0.2) is 72.3 Å². The fourth-order valence-corrected chi connectivity index (χ4v) is 4.31. The molecule has 1 saturated heterocycles. The van der Waals surface area contributed by atoms with E-state index in [0.717, 1.165) is 11.1 Å². The molecule has 6 heteroatoms. The second-order valence-corrected chi connectivity index (χ2v) is 9.49. The van der Waals surface area contributed by atoms with Gasteiger partial charge in [0, 0.05) is 5.69 Å². The first-order valence-corrected chi connectivity index (χ1v) is 12.0. The van der Waals surface area contributed by atoms with Gasteiger partial charge in [0.05, 0.1) is 30.9 Å². The van der Waals surface area contributed by atoms with Crippen molar-refractivity contribution in [2.24, 2.45) is 5.92 Å². The first-order valence-electron chi connectivity index (χ1n) is 12.0. The van der Waals surface area contributed by atoms with Crippen molar-refractivity contribution in [2.75, 3.05) is 18.6 Å². The highest BCUT2D eigenvalue weighted by atomic mass is 16.5. The number of hydrogen-bond donors (Lipinski definition) is 1. The van der Waals surface area contributed by atoms with E-state index in [0.29, 0.717) is 40.8 Å². The number of rotatable bonds is 7. The highest BCUT2D eigenvalue weighted by Crippen LogP contribution is 2.44. The van der Waals surface area contributed by atoms with E-state index >= 15 is 0 Å². The summed E-state index contributed by atoms with van der Waals surface area (Å²) in [5.74, 6) is -0.362. The zero-order chi connectivity index (χ0) is 26.0. The lowest BCUT2D eigenvalue weighted by Gasteiger charge is -2.26. The SMILES string of the molecule is COc1ccc(C)cc1/C(O)=C1\C(=O)C(=O)N(c2ccc(C)cc2)C1c1cccc(OCC(C)C)c1. The molecule has 0 radical (unpaired) electrons. The van der Waals surface area contributed by atoms with Crippen LogP contribution in [0, 0.1) is 19.8 Å². The Kier molecular flexibility index (Phi) is 7.15. The van der Waals surface area contributed by atoms with Crippen molar-refractivity contribution in [1.82, 2.24) is 0 Å². The Balaban J connectivity index is 1.93. The van der Waals surface area contributed by atoms with Crippen molar-refractivity contribution >= 4 is 23.1 Å². The fraction of sp³-hybridized carbons (Fsp3) is 0.267. The quantitative estimate of drug-likeness (QED) is 0.253. The van der Waals surface area contributed by atoms with E-state index in [2.05, 4.69) is 13.8 Å². The summed E-state index contributed by atoms with van der Waals surface area (Å²) in [6.07, 6.45) is 0. The van der Waals surface area contributed by atoms with Crippen LogP contribution < -0.4 is 14.4 Å². The molecule has 1 heterocycles. The second-order valence-electron chi connectivity index (χ2n) is 9.49. The highest BCUT2D eigenvalue weighted by molar-refractivity contribution is 6.51. The van der Waals surface area contributed by atoms with Gasteiger partial charge in [-0.1, -0.05) is 55.3 Å². The maximum absolute atomic E-state index is 13.5. The van der Waals surface area contributed by atoms with Crippen molar-refractivity contribution in [3.8, 4) is 11.5 Å². The van der Waals surface area contributed by atoms with E-state index in [9.17, 15) is 14.7 Å². The van der Waals surface area contributed by atoms with E-state index in [1.807, 2.05) is 56.3 Å². The number of anilines is 1. The normalized spacial score (nSPS) is 17.1. The van der Waals surface area contributed by atoms with E-state index in [1.165, 1.54) is 12.0 Å². The molecule has 6 nitrogen and oxygen atoms in total. The molecule has 3 aromatic carbocycles. The second kappa shape index (κ2) is 10.3. The summed E-state index contributed by atoms with van der Waals surface area (Å²) in [7, 11) is 1.50. The molecule has 0 aliphatic carbocycles. The van der Waals surface area contributed by atoms with Crippen LogP contribution in [0.4, 0.5) is 5.69 Å². The number of amides is 1. The van der Waals surface area contributed by atoms with Crippen molar-refractivity contribution in [3.05, 3.63) is 94.6 Å². The number of hydrogen-bond acceptors (Lipinski definition) is 5. The number of aryl methyl sites for hydroxylation is 2. The number of aliphatic hydroxyl groups is 1. The van der Waals surface area contributed by atoms with Gasteiger partial charge in [0.1, 0.15) is 17.3 Å². The molecular formula is C30H31NO5. The van der Waals surface area contributed by atoms with Crippen LogP contribution in [0.25, 0.3) is 5.76 Å². The van der Waals surface area contributed by atoms with Gasteiger partial charge in [-0.15, -0.1) is 0 Å². The zero-order valence-electron chi connectivity index (χ0n) is 21.2. The summed E-state index contributed by atoms with van der Waals surface area (Å²) in [4.78, 5) is 28.3. The first-order chi connectivity index (χ1) is 17.2. The number of benzene rings is 3. The van der Waals surface area contributed by atoms with Gasteiger partial charge in [-0.3, -0.25) is 14.5 Å². The van der Waals surface area contributed by atoms with Crippen LogP contribution >= 0.6 is 0 Å². The Morgan fingerprint density at radius 3 is 2.33 bits per heavy atom. The summed E-state index contributed by atoms with van der Waals surface area (Å²) in [5.41, 5.74) is 3.49. The molecule has 3 aromatic rings. The Morgan fingerprint density at radius 1 is 0.972 bits per heavy atom. The number of Topliss-reactive ketones (excluding diaryl/α,β-unsaturated/α-hetero) is 1. The molecule has 1 atom stereocenters. The molecule has 4 rings (SSSR count). The van der Waals surface area contributed by atoms with Gasteiger partial charge in [-0.05, 0) is 61.7 Å². The molecular weight excluding hydrogens is 454 g/mol. The zero-order valence-corrected chi connectivity index (χ0v) is 21.2. The Morgan fingerprint density at radius 2 is 1.67 bits per heavy atom. The molecule has 0 aromatic heterocycles. The van der Waals surface area contributed by atoms with Gasteiger partial charge in [0.15, 0.2) is 0 Å². The summed E-state index contributed by atoms with van der Waals surface area (Å²) in [5, 5.41) is 11.5. The molecule has 36 heavy (non-hydrogen) atoms. The number of nitrogens with zero attached hydrogens (tertiary/aromatic N) is 1. The van der Waals surface area contributed by atoms with E-state index in [1.54, 1.807) is 24.3 Å². The molecule has 1 fully saturated rings. The first kappa shape index (κ1) is 25.0. The molecule has 1 N–H and O–H groups in total. The van der Waals surface area contributed by atoms with Crippen molar-refractivity contribution in [3.63, 3.8) is 0 Å². The van der Waals surface area contributed by atoms with Crippen LogP contribution in [0.3, 0.4) is 0 Å². The number of aliphatic hydroxyl groups excluding tert-OH is 1. The fourth-order valence-electron chi connectivity index (χ4n) is 4.31. The number of ketones is 1. The number of carbonyl (C=O) groups excluding carboxylic acids is 2. The minimum absolute atomic E-state index is 0.00508. The summed E-state index contributed by atoms with van der Waals surface area (Å²) in [6.45, 7) is 8.49. The lowest BCUT2D eigenvalue weighted by atomic mass is 9.94. The maximum atomic E-state index is 13.5. The minimum Gasteiger partial charge on any atom is -0.507 e. The minimum atomic E-state index is -0.847. The van der Waals surface area contributed by atoms with Gasteiger partial charge in [-0.25, -0.2) is 0 Å². The number of ether oxygens (including phenoxy) is 2. The van der Waals surface area contributed by atoms with Crippen LogP contribution in [0.1, 0.15) is 42.1 Å². The topological polar surface area (TPSA) is 76.1 Å². The average Bonchev–Trinajstić information content (AvgIpc) is 3.13. The Labute approximate surface area is 211 Å². The van der Waals surface area contributed by atoms with Gasteiger partial charge >= 0.3 is 0 Å². The number of carbonyl (C=O) groups is 2. The smallest absolute Gasteiger partial charge is 0.300 e. The molecule has 1 aliphatic rings. The van der Waals surface area contributed by atoms with Crippen molar-refractivity contribution in [1.29, 1.82) is 0 Å². The molecule has 0 bridgehead atoms. The molecule has 1 aliphatic heterocycles.